The van der Waals surface area contributed by atoms with Crippen molar-refractivity contribution in [2.75, 3.05) is 65.1 Å². The summed E-state index contributed by atoms with van der Waals surface area (Å²) in [5.74, 6) is 1.40. The molecular formula is C72H91N7O6. The van der Waals surface area contributed by atoms with Gasteiger partial charge in [0.2, 0.25) is 0 Å². The number of nitrogens with one attached hydrogen (secondary N) is 4. The van der Waals surface area contributed by atoms with Gasteiger partial charge < -0.3 is 39.9 Å². The molecule has 2 amide bonds. The lowest BCUT2D eigenvalue weighted by Gasteiger charge is -2.40. The Kier molecular flexibility index (Phi) is 20.2. The molecule has 5 aliphatic rings. The highest BCUT2D eigenvalue weighted by Gasteiger charge is 2.32. The van der Waals surface area contributed by atoms with Crippen LogP contribution >= 0.6 is 0 Å². The van der Waals surface area contributed by atoms with E-state index in [1.165, 1.54) is 55.2 Å². The lowest BCUT2D eigenvalue weighted by molar-refractivity contribution is 0.0342. The molecule has 4 heterocycles. The maximum absolute atomic E-state index is 13.9. The van der Waals surface area contributed by atoms with Crippen LogP contribution in [0.5, 0.6) is 0 Å². The maximum Gasteiger partial charge on any atom is 0.253 e. The Morgan fingerprint density at radius 3 is 1.71 bits per heavy atom. The number of benzene rings is 4. The van der Waals surface area contributed by atoms with Crippen molar-refractivity contribution in [3.05, 3.63) is 184 Å². The van der Waals surface area contributed by atoms with Gasteiger partial charge in [0.05, 0.1) is 13.2 Å². The number of aromatic amines is 2. The first-order valence-corrected chi connectivity index (χ1v) is 31.6. The molecule has 4 aromatic carbocycles. The summed E-state index contributed by atoms with van der Waals surface area (Å²) in [6.45, 7) is 19.3. The van der Waals surface area contributed by atoms with E-state index < -0.39 is 0 Å². The Bertz CT molecular complexity index is 3450. The van der Waals surface area contributed by atoms with Crippen LogP contribution in [0.3, 0.4) is 0 Å². The molecule has 11 rings (SSSR count). The van der Waals surface area contributed by atoms with Crippen LogP contribution in [0, 0.1) is 46.5 Å². The van der Waals surface area contributed by atoms with Crippen LogP contribution < -0.4 is 26.7 Å². The van der Waals surface area contributed by atoms with Gasteiger partial charge in [-0.2, -0.15) is 0 Å². The van der Waals surface area contributed by atoms with Crippen molar-refractivity contribution in [1.82, 2.24) is 30.4 Å². The van der Waals surface area contributed by atoms with Crippen LogP contribution in [-0.2, 0) is 35.5 Å². The Morgan fingerprint density at radius 2 is 1.14 bits per heavy atom. The number of morpholine rings is 1. The van der Waals surface area contributed by atoms with Crippen molar-refractivity contribution < 1.29 is 19.1 Å². The van der Waals surface area contributed by atoms with Gasteiger partial charge in [0, 0.05) is 110 Å². The highest BCUT2D eigenvalue weighted by Crippen LogP contribution is 2.46. The molecule has 4 N–H and O–H groups in total. The maximum atomic E-state index is 13.9. The number of aryl methyl sites for hydroxylation is 4. The number of hydrogen-bond acceptors (Lipinski definition) is 9. The fraction of sp³-hybridized carbons (Fsp3) is 0.472. The number of pyridine rings is 2. The smallest absolute Gasteiger partial charge is 0.253 e. The van der Waals surface area contributed by atoms with Crippen LogP contribution in [0.1, 0.15) is 159 Å². The Hall–Kier alpha value is -6.90. The first-order valence-electron chi connectivity index (χ1n) is 31.6. The fourth-order valence-corrected chi connectivity index (χ4v) is 14.1. The molecule has 0 spiro atoms. The van der Waals surface area contributed by atoms with E-state index in [1.807, 2.05) is 52.0 Å². The molecule has 450 valence electrons. The predicted octanol–water partition coefficient (Wildman–Crippen LogP) is 12.3. The van der Waals surface area contributed by atoms with E-state index in [0.717, 1.165) is 146 Å². The number of carbonyl (C=O) groups excluding carboxylic acids is 2. The normalized spacial score (nSPS) is 19.1. The summed E-state index contributed by atoms with van der Waals surface area (Å²) in [5, 5.41) is 6.13. The number of nitrogens with zero attached hydrogens (tertiary/aromatic N) is 3. The molecule has 2 saturated carbocycles. The van der Waals surface area contributed by atoms with Crippen molar-refractivity contribution in [1.29, 1.82) is 0 Å². The molecule has 2 aliphatic heterocycles. The lowest BCUT2D eigenvalue weighted by Crippen LogP contribution is -2.42. The number of ether oxygens (including phenoxy) is 2. The summed E-state index contributed by atoms with van der Waals surface area (Å²) in [6.07, 6.45) is 17.5. The Labute approximate surface area is 504 Å². The molecule has 2 aromatic heterocycles. The fourth-order valence-electron chi connectivity index (χ4n) is 14.1. The largest absolute Gasteiger partial charge is 0.381 e. The summed E-state index contributed by atoms with van der Waals surface area (Å²) >= 11 is 0. The molecule has 13 heteroatoms. The highest BCUT2D eigenvalue weighted by atomic mass is 16.5. The van der Waals surface area contributed by atoms with Gasteiger partial charge in [-0.3, -0.25) is 24.1 Å². The van der Waals surface area contributed by atoms with Gasteiger partial charge in [-0.25, -0.2) is 0 Å². The minimum Gasteiger partial charge on any atom is -0.381 e. The van der Waals surface area contributed by atoms with Crippen molar-refractivity contribution in [3.8, 4) is 22.3 Å². The first-order chi connectivity index (χ1) is 41.1. The standard InChI is InChI=1S/C37H51N5O3.C35H40N2O3/c1-7-42(32-14-12-31(13-15-32)40(5)6)35-22-30(29-10-8-28(9-11-29)24-41-16-18-45-19-17-41)21-33(27(35)4)36(43)38-23-34-25(2)20-26(3)39-37(34)44;1-22-17-23(2)37-35(39)33(22)21-36-34(38)32-20-28(19-31-29(11-12-30(31)32)27-5-3-4-6-27)26-9-7-24(8-10-26)18-25-13-15-40-16-14-25/h8-11,20-22,31-32H,7,12-19,23-24H2,1-6H3,(H,38,43)(H,39,44);7-12,17,19-20,25,27,29H,3-6,13-16,18,21H2,1-2H3,(H,36,38)(H,37,39). The summed E-state index contributed by atoms with van der Waals surface area (Å²) in [6, 6.07) is 31.3. The quantitative estimate of drug-likeness (QED) is 0.0699. The number of H-pyrrole nitrogens is 2. The van der Waals surface area contributed by atoms with Crippen molar-refractivity contribution >= 4 is 23.6 Å². The monoisotopic (exact) mass is 1150 g/mol. The van der Waals surface area contributed by atoms with Gasteiger partial charge >= 0.3 is 0 Å². The summed E-state index contributed by atoms with van der Waals surface area (Å²) in [7, 11) is 4.36. The van der Waals surface area contributed by atoms with Crippen molar-refractivity contribution in [2.45, 2.75) is 150 Å². The molecule has 1 atom stereocenters. The van der Waals surface area contributed by atoms with Crippen LogP contribution in [0.2, 0.25) is 0 Å². The zero-order valence-electron chi connectivity index (χ0n) is 51.8. The third kappa shape index (κ3) is 14.9. The van der Waals surface area contributed by atoms with E-state index in [9.17, 15) is 19.2 Å². The lowest BCUT2D eigenvalue weighted by atomic mass is 9.84. The third-order valence-electron chi connectivity index (χ3n) is 19.1. The van der Waals surface area contributed by atoms with Crippen LogP contribution in [0.25, 0.3) is 28.3 Å². The molecule has 0 bridgehead atoms. The molecule has 0 radical (unpaired) electrons. The average Bonchev–Trinajstić information content (AvgIpc) is 2.42. The highest BCUT2D eigenvalue weighted by molar-refractivity contribution is 6.01. The van der Waals surface area contributed by atoms with Crippen molar-refractivity contribution in [2.24, 2.45) is 11.8 Å². The second-order valence-corrected chi connectivity index (χ2v) is 25.1. The molecule has 85 heavy (non-hydrogen) atoms. The Morgan fingerprint density at radius 1 is 0.612 bits per heavy atom. The third-order valence-corrected chi connectivity index (χ3v) is 19.1. The van der Waals surface area contributed by atoms with E-state index in [2.05, 4.69) is 136 Å². The summed E-state index contributed by atoms with van der Waals surface area (Å²) in [5.41, 5.74) is 17.0. The van der Waals surface area contributed by atoms with E-state index in [-0.39, 0.29) is 36.0 Å². The number of fused-ring (bicyclic) bond motifs is 1. The van der Waals surface area contributed by atoms with Gasteiger partial charge in [-0.05, 0) is 223 Å². The van der Waals surface area contributed by atoms with Gasteiger partial charge in [0.15, 0.2) is 0 Å². The molecule has 2 saturated heterocycles. The van der Waals surface area contributed by atoms with E-state index >= 15 is 0 Å². The zero-order chi connectivity index (χ0) is 59.7. The predicted molar refractivity (Wildman–Crippen MR) is 344 cm³/mol. The van der Waals surface area contributed by atoms with Crippen LogP contribution in [-0.4, -0.2) is 104 Å². The van der Waals surface area contributed by atoms with E-state index in [4.69, 9.17) is 9.47 Å². The number of rotatable bonds is 17. The molecule has 4 fully saturated rings. The average molecular weight is 1150 g/mol. The van der Waals surface area contributed by atoms with Crippen molar-refractivity contribution in [3.63, 3.8) is 0 Å². The number of hydrogen-bond donors (Lipinski definition) is 4. The molecule has 6 aromatic rings. The number of amides is 2. The second-order valence-electron chi connectivity index (χ2n) is 25.1. The summed E-state index contributed by atoms with van der Waals surface area (Å²) in [4.78, 5) is 65.8. The van der Waals surface area contributed by atoms with Gasteiger partial charge in [0.25, 0.3) is 22.9 Å². The Balaban J connectivity index is 0.000000190. The summed E-state index contributed by atoms with van der Waals surface area (Å²) < 4.78 is 11.0. The molecule has 3 aliphatic carbocycles. The number of aromatic nitrogens is 2. The second kappa shape index (κ2) is 28.1. The zero-order valence-corrected chi connectivity index (χ0v) is 51.8. The van der Waals surface area contributed by atoms with Gasteiger partial charge in [-0.1, -0.05) is 73.5 Å². The van der Waals surface area contributed by atoms with E-state index in [1.54, 1.807) is 0 Å². The molecular weight excluding hydrogens is 1060 g/mol. The van der Waals surface area contributed by atoms with E-state index in [0.29, 0.717) is 52.1 Å². The number of allylic oxidation sites excluding steroid dienone is 1. The van der Waals surface area contributed by atoms with Gasteiger partial charge in [-0.15, -0.1) is 0 Å². The van der Waals surface area contributed by atoms with Gasteiger partial charge in [0.1, 0.15) is 0 Å². The van der Waals surface area contributed by atoms with Crippen LogP contribution in [0.15, 0.2) is 101 Å². The molecule has 1 unspecified atom stereocenters. The number of anilines is 1. The topological polar surface area (TPSA) is 152 Å². The SMILES string of the molecule is CCN(c1cc(-c2ccc(CN3CCOCC3)cc2)cc(C(=O)NCc2c(C)cc(C)[nH]c2=O)c1C)C1CCC(N(C)C)CC1.Cc1cc(C)c(CNC(=O)c2cc(-c3ccc(CC4CCOCC4)cc3)cc3c2C=CC3C2CCCC2)c(=O)[nH]1. The first kappa shape index (κ1) is 61.2. The minimum atomic E-state index is -0.161. The van der Waals surface area contributed by atoms with Crippen LogP contribution in [0.4, 0.5) is 5.69 Å². The number of carbonyl (C=O) groups is 2. The molecule has 13 nitrogen and oxygen atoms in total. The minimum absolute atomic E-state index is 0.134.